The number of nitriles is 1. The Morgan fingerprint density at radius 2 is 2.00 bits per heavy atom. The SMILES string of the molecule is CC(C)[C@](C)(C#N)NC(=O)CN[C@@H](C)c1ccc(Cl)cc1Cl. The van der Waals surface area contributed by atoms with Gasteiger partial charge in [0, 0.05) is 16.1 Å². The van der Waals surface area contributed by atoms with E-state index >= 15 is 0 Å². The zero-order chi connectivity index (χ0) is 16.9. The normalized spacial score (nSPS) is 15.0. The van der Waals surface area contributed by atoms with Gasteiger partial charge in [0.05, 0.1) is 12.6 Å². The van der Waals surface area contributed by atoms with Crippen LogP contribution < -0.4 is 10.6 Å². The van der Waals surface area contributed by atoms with Crippen LogP contribution in [-0.2, 0) is 4.79 Å². The first kappa shape index (κ1) is 18.8. The summed E-state index contributed by atoms with van der Waals surface area (Å²) >= 11 is 12.0. The number of nitrogens with zero attached hydrogens (tertiary/aromatic N) is 1. The highest BCUT2D eigenvalue weighted by molar-refractivity contribution is 6.35. The van der Waals surface area contributed by atoms with Crippen molar-refractivity contribution in [2.45, 2.75) is 39.3 Å². The molecule has 1 rings (SSSR count). The predicted octanol–water partition coefficient (Wildman–Crippen LogP) is 3.70. The van der Waals surface area contributed by atoms with Gasteiger partial charge in [-0.2, -0.15) is 5.26 Å². The minimum absolute atomic E-state index is 0.0181. The van der Waals surface area contributed by atoms with Crippen molar-refractivity contribution in [3.8, 4) is 6.07 Å². The van der Waals surface area contributed by atoms with E-state index in [0.717, 1.165) is 5.56 Å². The fourth-order valence-corrected chi connectivity index (χ4v) is 2.42. The smallest absolute Gasteiger partial charge is 0.235 e. The van der Waals surface area contributed by atoms with Crippen molar-refractivity contribution in [3.05, 3.63) is 33.8 Å². The molecule has 0 saturated heterocycles. The lowest BCUT2D eigenvalue weighted by atomic mass is 9.90. The lowest BCUT2D eigenvalue weighted by Crippen LogP contribution is -2.51. The molecular formula is C16H21Cl2N3O. The third kappa shape index (κ3) is 4.88. The van der Waals surface area contributed by atoms with Crippen LogP contribution in [0.2, 0.25) is 10.0 Å². The molecule has 1 aromatic rings. The van der Waals surface area contributed by atoms with Crippen LogP contribution in [0.4, 0.5) is 0 Å². The molecule has 120 valence electrons. The minimum atomic E-state index is -0.875. The zero-order valence-corrected chi connectivity index (χ0v) is 14.7. The largest absolute Gasteiger partial charge is 0.337 e. The van der Waals surface area contributed by atoms with Crippen LogP contribution in [0, 0.1) is 17.2 Å². The molecule has 22 heavy (non-hydrogen) atoms. The van der Waals surface area contributed by atoms with Gasteiger partial charge in [0.25, 0.3) is 0 Å². The van der Waals surface area contributed by atoms with Crippen LogP contribution in [0.25, 0.3) is 0 Å². The van der Waals surface area contributed by atoms with E-state index in [-0.39, 0.29) is 24.4 Å². The topological polar surface area (TPSA) is 64.9 Å². The maximum Gasteiger partial charge on any atom is 0.235 e. The summed E-state index contributed by atoms with van der Waals surface area (Å²) in [6.07, 6.45) is 0. The number of amides is 1. The number of nitrogens with one attached hydrogen (secondary N) is 2. The van der Waals surface area contributed by atoms with Gasteiger partial charge < -0.3 is 10.6 Å². The van der Waals surface area contributed by atoms with Crippen LogP contribution in [-0.4, -0.2) is 18.0 Å². The zero-order valence-electron chi connectivity index (χ0n) is 13.2. The van der Waals surface area contributed by atoms with Crippen LogP contribution in [0.1, 0.15) is 39.3 Å². The molecule has 0 unspecified atom stereocenters. The second kappa shape index (κ2) is 7.82. The molecule has 0 fully saturated rings. The number of carbonyl (C=O) groups is 1. The van der Waals surface area contributed by atoms with Gasteiger partial charge in [0.2, 0.25) is 5.91 Å². The van der Waals surface area contributed by atoms with Crippen molar-refractivity contribution in [1.29, 1.82) is 5.26 Å². The highest BCUT2D eigenvalue weighted by Gasteiger charge is 2.29. The minimum Gasteiger partial charge on any atom is -0.337 e. The lowest BCUT2D eigenvalue weighted by molar-refractivity contribution is -0.122. The number of hydrogen-bond donors (Lipinski definition) is 2. The monoisotopic (exact) mass is 341 g/mol. The number of rotatable bonds is 6. The lowest BCUT2D eigenvalue weighted by Gasteiger charge is -2.27. The van der Waals surface area contributed by atoms with Gasteiger partial charge in [-0.25, -0.2) is 0 Å². The predicted molar refractivity (Wildman–Crippen MR) is 89.9 cm³/mol. The molecule has 0 bridgehead atoms. The molecule has 6 heteroatoms. The van der Waals surface area contributed by atoms with Gasteiger partial charge in [0.1, 0.15) is 5.54 Å². The Hall–Kier alpha value is -1.28. The Kier molecular flexibility index (Phi) is 6.67. The van der Waals surface area contributed by atoms with Gasteiger partial charge in [-0.15, -0.1) is 0 Å². The number of benzene rings is 1. The Labute approximate surface area is 141 Å². The standard InChI is InChI=1S/C16H21Cl2N3O/c1-10(2)16(4,9-19)21-15(22)8-20-11(3)13-6-5-12(17)7-14(13)18/h5-7,10-11,20H,8H2,1-4H3,(H,21,22)/t11-,16-/m0/s1. The molecule has 1 aromatic carbocycles. The van der Waals surface area contributed by atoms with Gasteiger partial charge in [-0.1, -0.05) is 43.1 Å². The summed E-state index contributed by atoms with van der Waals surface area (Å²) in [4.78, 5) is 12.0. The molecule has 2 atom stereocenters. The molecule has 0 aromatic heterocycles. The van der Waals surface area contributed by atoms with Crippen molar-refractivity contribution < 1.29 is 4.79 Å². The summed E-state index contributed by atoms with van der Waals surface area (Å²) in [7, 11) is 0. The van der Waals surface area contributed by atoms with Gasteiger partial charge in [-0.3, -0.25) is 4.79 Å². The first-order valence-corrected chi connectivity index (χ1v) is 7.85. The fourth-order valence-electron chi connectivity index (χ4n) is 1.84. The second-order valence-corrected chi connectivity index (χ2v) is 6.63. The summed E-state index contributed by atoms with van der Waals surface area (Å²) in [5.41, 5.74) is -0.00863. The fraction of sp³-hybridized carbons (Fsp3) is 0.500. The average molecular weight is 342 g/mol. The van der Waals surface area contributed by atoms with Crippen LogP contribution in [0.5, 0.6) is 0 Å². The van der Waals surface area contributed by atoms with E-state index < -0.39 is 5.54 Å². The molecule has 0 heterocycles. The van der Waals surface area contributed by atoms with E-state index in [0.29, 0.717) is 10.0 Å². The Balaban J connectivity index is 2.62. The molecule has 0 saturated carbocycles. The average Bonchev–Trinajstić information content (AvgIpc) is 2.44. The summed E-state index contributed by atoms with van der Waals surface area (Å²) in [5.74, 6) is -0.209. The summed E-state index contributed by atoms with van der Waals surface area (Å²) < 4.78 is 0. The third-order valence-corrected chi connectivity index (χ3v) is 4.35. The van der Waals surface area contributed by atoms with Crippen molar-refractivity contribution in [1.82, 2.24) is 10.6 Å². The van der Waals surface area contributed by atoms with E-state index in [1.807, 2.05) is 26.8 Å². The van der Waals surface area contributed by atoms with Gasteiger partial charge in [0.15, 0.2) is 0 Å². The molecular weight excluding hydrogens is 321 g/mol. The van der Waals surface area contributed by atoms with E-state index in [1.54, 1.807) is 19.1 Å². The van der Waals surface area contributed by atoms with E-state index in [1.165, 1.54) is 0 Å². The van der Waals surface area contributed by atoms with E-state index in [9.17, 15) is 10.1 Å². The highest BCUT2D eigenvalue weighted by atomic mass is 35.5. The summed E-state index contributed by atoms with van der Waals surface area (Å²) in [6, 6.07) is 7.29. The summed E-state index contributed by atoms with van der Waals surface area (Å²) in [5, 5.41) is 16.2. The molecule has 0 aliphatic rings. The van der Waals surface area contributed by atoms with Crippen molar-refractivity contribution in [2.24, 2.45) is 5.92 Å². The molecule has 2 N–H and O–H groups in total. The molecule has 0 aliphatic carbocycles. The van der Waals surface area contributed by atoms with Gasteiger partial charge in [-0.05, 0) is 37.5 Å². The Morgan fingerprint density at radius 3 is 2.50 bits per heavy atom. The first-order valence-electron chi connectivity index (χ1n) is 7.10. The summed E-state index contributed by atoms with van der Waals surface area (Å²) in [6.45, 7) is 7.52. The Morgan fingerprint density at radius 1 is 1.36 bits per heavy atom. The van der Waals surface area contributed by atoms with E-state index in [2.05, 4.69) is 16.7 Å². The van der Waals surface area contributed by atoms with E-state index in [4.69, 9.17) is 23.2 Å². The molecule has 0 aliphatic heterocycles. The van der Waals surface area contributed by atoms with Gasteiger partial charge >= 0.3 is 0 Å². The number of carbonyl (C=O) groups excluding carboxylic acids is 1. The van der Waals surface area contributed by atoms with Crippen molar-refractivity contribution >= 4 is 29.1 Å². The van der Waals surface area contributed by atoms with Crippen LogP contribution >= 0.6 is 23.2 Å². The number of hydrogen-bond acceptors (Lipinski definition) is 3. The molecule has 1 amide bonds. The highest BCUT2D eigenvalue weighted by Crippen LogP contribution is 2.25. The Bertz CT molecular complexity index is 583. The van der Waals surface area contributed by atoms with Crippen molar-refractivity contribution in [2.75, 3.05) is 6.54 Å². The first-order chi connectivity index (χ1) is 10.2. The number of halogens is 2. The van der Waals surface area contributed by atoms with Crippen molar-refractivity contribution in [3.63, 3.8) is 0 Å². The molecule has 0 radical (unpaired) electrons. The maximum atomic E-state index is 12.0. The molecule has 0 spiro atoms. The maximum absolute atomic E-state index is 12.0. The van der Waals surface area contributed by atoms with Crippen LogP contribution in [0.3, 0.4) is 0 Å². The second-order valence-electron chi connectivity index (χ2n) is 5.79. The third-order valence-electron chi connectivity index (χ3n) is 3.78. The molecule has 4 nitrogen and oxygen atoms in total. The quantitative estimate of drug-likeness (QED) is 0.828. The van der Waals surface area contributed by atoms with Crippen LogP contribution in [0.15, 0.2) is 18.2 Å².